The predicted octanol–water partition coefficient (Wildman–Crippen LogP) is 1.91. The van der Waals surface area contributed by atoms with Crippen LogP contribution < -0.4 is 5.32 Å². The maximum absolute atomic E-state index is 5.23. The summed E-state index contributed by atoms with van der Waals surface area (Å²) in [6.45, 7) is 4.47. The van der Waals surface area contributed by atoms with Crippen LogP contribution in [0.25, 0.3) is 5.69 Å². The number of benzene rings is 1. The van der Waals surface area contributed by atoms with Crippen molar-refractivity contribution in [3.05, 3.63) is 41.7 Å². The standard InChI is InChI=1S/C14H20N4O/c1-3-8-15-9-13-10-16-17-18(13)14-7-5-4-6-12(14)11-19-2/h4-7,10,15H,3,8-9,11H2,1-2H3. The Kier molecular flexibility index (Phi) is 5.06. The Morgan fingerprint density at radius 2 is 2.16 bits per heavy atom. The third-order valence-corrected chi connectivity index (χ3v) is 2.87. The van der Waals surface area contributed by atoms with Gasteiger partial charge in [-0.1, -0.05) is 30.3 Å². The molecule has 1 aromatic heterocycles. The number of nitrogens with zero attached hydrogens (tertiary/aromatic N) is 3. The van der Waals surface area contributed by atoms with Crippen molar-refractivity contribution in [2.75, 3.05) is 13.7 Å². The molecule has 0 radical (unpaired) electrons. The van der Waals surface area contributed by atoms with E-state index in [0.29, 0.717) is 6.61 Å². The van der Waals surface area contributed by atoms with Crippen LogP contribution in [0, 0.1) is 0 Å². The van der Waals surface area contributed by atoms with Crippen LogP contribution in [0.1, 0.15) is 24.6 Å². The highest BCUT2D eigenvalue weighted by Crippen LogP contribution is 2.16. The number of methoxy groups -OCH3 is 1. The Morgan fingerprint density at radius 1 is 1.32 bits per heavy atom. The summed E-state index contributed by atoms with van der Waals surface area (Å²) in [5.74, 6) is 0. The molecule has 0 atom stereocenters. The van der Waals surface area contributed by atoms with Gasteiger partial charge in [0.15, 0.2) is 0 Å². The highest BCUT2D eigenvalue weighted by Gasteiger charge is 2.09. The van der Waals surface area contributed by atoms with Gasteiger partial charge in [-0.3, -0.25) is 0 Å². The van der Waals surface area contributed by atoms with Gasteiger partial charge >= 0.3 is 0 Å². The van der Waals surface area contributed by atoms with E-state index in [9.17, 15) is 0 Å². The summed E-state index contributed by atoms with van der Waals surface area (Å²) in [6.07, 6.45) is 2.91. The molecule has 5 nitrogen and oxygen atoms in total. The van der Waals surface area contributed by atoms with Gasteiger partial charge in [0.1, 0.15) is 0 Å². The molecular formula is C14H20N4O. The summed E-state index contributed by atoms with van der Waals surface area (Å²) in [6, 6.07) is 8.08. The molecule has 0 fully saturated rings. The van der Waals surface area contributed by atoms with Crippen molar-refractivity contribution in [1.82, 2.24) is 20.3 Å². The minimum absolute atomic E-state index is 0.567. The second kappa shape index (κ2) is 7.01. The molecule has 2 rings (SSSR count). The number of ether oxygens (including phenoxy) is 1. The van der Waals surface area contributed by atoms with Gasteiger partial charge in [-0.05, 0) is 19.0 Å². The highest BCUT2D eigenvalue weighted by molar-refractivity contribution is 5.40. The Bertz CT molecular complexity index is 510. The van der Waals surface area contributed by atoms with Gasteiger partial charge in [0, 0.05) is 19.2 Å². The predicted molar refractivity (Wildman–Crippen MR) is 74.1 cm³/mol. The molecule has 0 amide bonds. The van der Waals surface area contributed by atoms with E-state index in [1.54, 1.807) is 13.3 Å². The third-order valence-electron chi connectivity index (χ3n) is 2.87. The molecule has 19 heavy (non-hydrogen) atoms. The Balaban J connectivity index is 2.24. The van der Waals surface area contributed by atoms with E-state index in [1.807, 2.05) is 28.9 Å². The lowest BCUT2D eigenvalue weighted by Crippen LogP contribution is -2.17. The zero-order valence-corrected chi connectivity index (χ0v) is 11.5. The van der Waals surface area contributed by atoms with Crippen LogP contribution in [0.15, 0.2) is 30.5 Å². The van der Waals surface area contributed by atoms with Crippen LogP contribution in [0.3, 0.4) is 0 Å². The van der Waals surface area contributed by atoms with E-state index in [1.165, 1.54) is 0 Å². The van der Waals surface area contributed by atoms with Gasteiger partial charge in [-0.15, -0.1) is 5.10 Å². The van der Waals surface area contributed by atoms with Crippen LogP contribution in [-0.4, -0.2) is 28.6 Å². The minimum atomic E-state index is 0.567. The fourth-order valence-corrected chi connectivity index (χ4v) is 1.97. The van der Waals surface area contributed by atoms with E-state index >= 15 is 0 Å². The first kappa shape index (κ1) is 13.7. The molecule has 1 heterocycles. The summed E-state index contributed by atoms with van der Waals surface area (Å²) < 4.78 is 7.10. The molecule has 0 aliphatic rings. The summed E-state index contributed by atoms with van der Waals surface area (Å²) in [4.78, 5) is 0. The van der Waals surface area contributed by atoms with Crippen LogP contribution in [0.4, 0.5) is 0 Å². The average Bonchev–Trinajstić information content (AvgIpc) is 2.88. The number of rotatable bonds is 7. The lowest BCUT2D eigenvalue weighted by atomic mass is 10.2. The molecular weight excluding hydrogens is 240 g/mol. The van der Waals surface area contributed by atoms with Crippen molar-refractivity contribution in [3.8, 4) is 5.69 Å². The molecule has 1 N–H and O–H groups in total. The lowest BCUT2D eigenvalue weighted by Gasteiger charge is -2.11. The van der Waals surface area contributed by atoms with Gasteiger partial charge in [0.2, 0.25) is 0 Å². The summed E-state index contributed by atoms with van der Waals surface area (Å²) in [5.41, 5.74) is 3.18. The zero-order chi connectivity index (χ0) is 13.5. The van der Waals surface area contributed by atoms with E-state index < -0.39 is 0 Å². The van der Waals surface area contributed by atoms with Crippen molar-refractivity contribution in [3.63, 3.8) is 0 Å². The molecule has 0 aliphatic heterocycles. The molecule has 0 aliphatic carbocycles. The molecule has 0 saturated carbocycles. The molecule has 0 bridgehead atoms. The smallest absolute Gasteiger partial charge is 0.0783 e. The zero-order valence-electron chi connectivity index (χ0n) is 11.5. The van der Waals surface area contributed by atoms with Gasteiger partial charge in [-0.25, -0.2) is 4.68 Å². The van der Waals surface area contributed by atoms with Crippen molar-refractivity contribution >= 4 is 0 Å². The second-order valence-electron chi connectivity index (χ2n) is 4.38. The highest BCUT2D eigenvalue weighted by atomic mass is 16.5. The van der Waals surface area contributed by atoms with Gasteiger partial charge < -0.3 is 10.1 Å². The van der Waals surface area contributed by atoms with E-state index in [4.69, 9.17) is 4.74 Å². The monoisotopic (exact) mass is 260 g/mol. The van der Waals surface area contributed by atoms with Crippen molar-refractivity contribution in [2.24, 2.45) is 0 Å². The van der Waals surface area contributed by atoms with Crippen molar-refractivity contribution in [2.45, 2.75) is 26.5 Å². The molecule has 0 spiro atoms. The van der Waals surface area contributed by atoms with Gasteiger partial charge in [0.25, 0.3) is 0 Å². The summed E-state index contributed by atoms with van der Waals surface area (Å²) in [7, 11) is 1.70. The maximum Gasteiger partial charge on any atom is 0.0783 e. The average molecular weight is 260 g/mol. The molecule has 5 heteroatoms. The Labute approximate surface area is 113 Å². The molecule has 0 saturated heterocycles. The normalized spacial score (nSPS) is 10.8. The fraction of sp³-hybridized carbons (Fsp3) is 0.429. The quantitative estimate of drug-likeness (QED) is 0.773. The van der Waals surface area contributed by atoms with Gasteiger partial charge in [0.05, 0.1) is 24.2 Å². The lowest BCUT2D eigenvalue weighted by molar-refractivity contribution is 0.184. The van der Waals surface area contributed by atoms with Crippen LogP contribution >= 0.6 is 0 Å². The van der Waals surface area contributed by atoms with Crippen LogP contribution in [0.5, 0.6) is 0 Å². The maximum atomic E-state index is 5.23. The second-order valence-corrected chi connectivity index (χ2v) is 4.38. The molecule has 0 unspecified atom stereocenters. The van der Waals surface area contributed by atoms with Crippen LogP contribution in [0.2, 0.25) is 0 Å². The first-order chi connectivity index (χ1) is 9.36. The summed E-state index contributed by atoms with van der Waals surface area (Å²) in [5, 5.41) is 11.6. The minimum Gasteiger partial charge on any atom is -0.380 e. The molecule has 1 aromatic carbocycles. The number of para-hydroxylation sites is 1. The Hall–Kier alpha value is -1.72. The first-order valence-electron chi connectivity index (χ1n) is 6.54. The SMILES string of the molecule is CCCNCc1cnnn1-c1ccccc1COC. The molecule has 102 valence electrons. The van der Waals surface area contributed by atoms with E-state index in [0.717, 1.165) is 36.5 Å². The van der Waals surface area contributed by atoms with Gasteiger partial charge in [-0.2, -0.15) is 0 Å². The first-order valence-corrected chi connectivity index (χ1v) is 6.54. The Morgan fingerprint density at radius 3 is 2.95 bits per heavy atom. The largest absolute Gasteiger partial charge is 0.380 e. The summed E-state index contributed by atoms with van der Waals surface area (Å²) >= 11 is 0. The van der Waals surface area contributed by atoms with E-state index in [2.05, 4.69) is 22.6 Å². The number of aromatic nitrogens is 3. The topological polar surface area (TPSA) is 52.0 Å². The van der Waals surface area contributed by atoms with Crippen molar-refractivity contribution < 1.29 is 4.74 Å². The molecule has 2 aromatic rings. The number of hydrogen-bond acceptors (Lipinski definition) is 4. The number of hydrogen-bond donors (Lipinski definition) is 1. The third kappa shape index (κ3) is 3.39. The number of nitrogens with one attached hydrogen (secondary N) is 1. The van der Waals surface area contributed by atoms with Crippen LogP contribution in [-0.2, 0) is 17.9 Å². The van der Waals surface area contributed by atoms with E-state index in [-0.39, 0.29) is 0 Å². The fourth-order valence-electron chi connectivity index (χ4n) is 1.97. The van der Waals surface area contributed by atoms with Crippen molar-refractivity contribution in [1.29, 1.82) is 0 Å².